The van der Waals surface area contributed by atoms with Gasteiger partial charge in [-0.1, -0.05) is 15.9 Å². The third-order valence-corrected chi connectivity index (χ3v) is 3.56. The molecule has 0 radical (unpaired) electrons. The lowest BCUT2D eigenvalue weighted by Crippen LogP contribution is -2.26. The molecular weight excluding hydrogens is 334 g/mol. The highest BCUT2D eigenvalue weighted by atomic mass is 79.9. The van der Waals surface area contributed by atoms with E-state index >= 15 is 0 Å². The second-order valence-electron chi connectivity index (χ2n) is 4.73. The Kier molecular flexibility index (Phi) is 5.80. The predicted molar refractivity (Wildman–Crippen MR) is 84.0 cm³/mol. The molecule has 1 unspecified atom stereocenters. The molecule has 2 aromatic rings. The van der Waals surface area contributed by atoms with Gasteiger partial charge in [0.2, 0.25) is 5.91 Å². The zero-order chi connectivity index (χ0) is 15.1. The molecular formula is C15H18BrN3O2. The molecule has 0 aliphatic carbocycles. The number of aromatic amines is 1. The van der Waals surface area contributed by atoms with Gasteiger partial charge in [0.05, 0.1) is 18.8 Å². The normalized spacial score (nSPS) is 11.9. The van der Waals surface area contributed by atoms with Crippen LogP contribution < -0.4 is 10.1 Å². The van der Waals surface area contributed by atoms with Crippen LogP contribution >= 0.6 is 15.9 Å². The lowest BCUT2D eigenvalue weighted by Gasteiger charge is -2.12. The molecule has 1 heterocycles. The first-order chi connectivity index (χ1) is 10.1. The fourth-order valence-electron chi connectivity index (χ4n) is 1.85. The number of amides is 1. The number of H-pyrrole nitrogens is 1. The summed E-state index contributed by atoms with van der Waals surface area (Å²) in [6.45, 7) is 2.45. The van der Waals surface area contributed by atoms with Crippen molar-refractivity contribution in [1.29, 1.82) is 0 Å². The molecule has 0 bridgehead atoms. The minimum Gasteiger partial charge on any atom is -0.494 e. The van der Waals surface area contributed by atoms with Crippen molar-refractivity contribution in [3.8, 4) is 5.75 Å². The largest absolute Gasteiger partial charge is 0.494 e. The van der Waals surface area contributed by atoms with E-state index in [2.05, 4.69) is 31.4 Å². The average molecular weight is 352 g/mol. The Balaban J connectivity index is 1.64. The van der Waals surface area contributed by atoms with Gasteiger partial charge in [-0.3, -0.25) is 9.89 Å². The summed E-state index contributed by atoms with van der Waals surface area (Å²) in [5, 5.41) is 9.53. The van der Waals surface area contributed by atoms with Crippen LogP contribution in [0.4, 0.5) is 0 Å². The lowest BCUT2D eigenvalue weighted by molar-refractivity contribution is -0.121. The summed E-state index contributed by atoms with van der Waals surface area (Å²) in [5.41, 5.74) is 0.967. The quantitative estimate of drug-likeness (QED) is 0.752. The van der Waals surface area contributed by atoms with Gasteiger partial charge in [-0.2, -0.15) is 5.10 Å². The van der Waals surface area contributed by atoms with E-state index in [1.54, 1.807) is 12.4 Å². The topological polar surface area (TPSA) is 67.0 Å². The zero-order valence-corrected chi connectivity index (χ0v) is 13.4. The standard InChI is InChI=1S/C15H18BrN3O2/c1-11(12-9-17-18-10-12)19-15(20)3-2-8-21-14-6-4-13(16)5-7-14/h4-7,9-11H,2-3,8H2,1H3,(H,17,18)(H,19,20). The van der Waals surface area contributed by atoms with E-state index in [0.717, 1.165) is 15.8 Å². The van der Waals surface area contributed by atoms with Crippen LogP contribution in [0, 0.1) is 0 Å². The molecule has 1 aromatic heterocycles. The maximum Gasteiger partial charge on any atom is 0.220 e. The summed E-state index contributed by atoms with van der Waals surface area (Å²) in [5.74, 6) is 0.827. The van der Waals surface area contributed by atoms with Crippen molar-refractivity contribution in [3.63, 3.8) is 0 Å². The third-order valence-electron chi connectivity index (χ3n) is 3.03. The van der Waals surface area contributed by atoms with Gasteiger partial charge >= 0.3 is 0 Å². The molecule has 2 N–H and O–H groups in total. The molecule has 0 fully saturated rings. The van der Waals surface area contributed by atoms with Gasteiger partial charge in [-0.05, 0) is 37.6 Å². The maximum atomic E-state index is 11.8. The molecule has 21 heavy (non-hydrogen) atoms. The van der Waals surface area contributed by atoms with Gasteiger partial charge in [0, 0.05) is 22.7 Å². The predicted octanol–water partition coefficient (Wildman–Crippen LogP) is 3.21. The number of aromatic nitrogens is 2. The number of nitrogens with one attached hydrogen (secondary N) is 2. The number of hydrogen-bond donors (Lipinski definition) is 2. The van der Waals surface area contributed by atoms with Crippen LogP contribution in [0.25, 0.3) is 0 Å². The van der Waals surface area contributed by atoms with Crippen LogP contribution in [0.3, 0.4) is 0 Å². The number of carbonyl (C=O) groups is 1. The monoisotopic (exact) mass is 351 g/mol. The van der Waals surface area contributed by atoms with Crippen molar-refractivity contribution in [2.75, 3.05) is 6.61 Å². The number of hydrogen-bond acceptors (Lipinski definition) is 3. The van der Waals surface area contributed by atoms with Crippen molar-refractivity contribution in [2.45, 2.75) is 25.8 Å². The molecule has 2 rings (SSSR count). The van der Waals surface area contributed by atoms with Crippen LogP contribution in [-0.2, 0) is 4.79 Å². The minimum atomic E-state index is -0.0383. The number of ether oxygens (including phenoxy) is 1. The van der Waals surface area contributed by atoms with Crippen molar-refractivity contribution in [2.24, 2.45) is 0 Å². The fraction of sp³-hybridized carbons (Fsp3) is 0.333. The van der Waals surface area contributed by atoms with Crippen molar-refractivity contribution >= 4 is 21.8 Å². The summed E-state index contributed by atoms with van der Waals surface area (Å²) in [6, 6.07) is 7.60. The Morgan fingerprint density at radius 3 is 2.86 bits per heavy atom. The van der Waals surface area contributed by atoms with E-state index < -0.39 is 0 Å². The molecule has 0 aliphatic heterocycles. The number of nitrogens with zero attached hydrogens (tertiary/aromatic N) is 1. The molecule has 0 saturated heterocycles. The summed E-state index contributed by atoms with van der Waals surface area (Å²) in [4.78, 5) is 11.8. The van der Waals surface area contributed by atoms with E-state index in [1.807, 2.05) is 31.2 Å². The first-order valence-electron chi connectivity index (χ1n) is 6.81. The Hall–Kier alpha value is -1.82. The molecule has 6 heteroatoms. The minimum absolute atomic E-state index is 0.0168. The summed E-state index contributed by atoms with van der Waals surface area (Å²) in [6.07, 6.45) is 4.61. The van der Waals surface area contributed by atoms with Gasteiger partial charge in [0.15, 0.2) is 0 Å². The molecule has 0 spiro atoms. The number of carbonyl (C=O) groups excluding carboxylic acids is 1. The smallest absolute Gasteiger partial charge is 0.220 e. The Labute approximate surface area is 132 Å². The maximum absolute atomic E-state index is 11.8. The van der Waals surface area contributed by atoms with Crippen molar-refractivity contribution in [3.05, 3.63) is 46.7 Å². The van der Waals surface area contributed by atoms with Gasteiger partial charge in [-0.15, -0.1) is 0 Å². The highest BCUT2D eigenvalue weighted by Gasteiger charge is 2.09. The van der Waals surface area contributed by atoms with E-state index in [4.69, 9.17) is 4.74 Å². The number of benzene rings is 1. The molecule has 1 atom stereocenters. The lowest BCUT2D eigenvalue weighted by atomic mass is 10.2. The first kappa shape index (κ1) is 15.6. The number of halogens is 1. The van der Waals surface area contributed by atoms with Crippen LogP contribution in [0.15, 0.2) is 41.1 Å². The van der Waals surface area contributed by atoms with Crippen LogP contribution in [0.2, 0.25) is 0 Å². The Bertz CT molecular complexity index is 555. The second-order valence-corrected chi connectivity index (χ2v) is 5.64. The van der Waals surface area contributed by atoms with Gasteiger partial charge in [-0.25, -0.2) is 0 Å². The molecule has 1 amide bonds. The van der Waals surface area contributed by atoms with E-state index in [0.29, 0.717) is 19.4 Å². The van der Waals surface area contributed by atoms with Gasteiger partial charge in [0.25, 0.3) is 0 Å². The van der Waals surface area contributed by atoms with Crippen LogP contribution in [0.1, 0.15) is 31.4 Å². The molecule has 5 nitrogen and oxygen atoms in total. The molecule has 0 saturated carbocycles. The van der Waals surface area contributed by atoms with E-state index in [-0.39, 0.29) is 11.9 Å². The van der Waals surface area contributed by atoms with E-state index in [9.17, 15) is 4.79 Å². The summed E-state index contributed by atoms with van der Waals surface area (Å²) < 4.78 is 6.59. The SMILES string of the molecule is CC(NC(=O)CCCOc1ccc(Br)cc1)c1cn[nH]c1. The average Bonchev–Trinajstić information content (AvgIpc) is 3.00. The number of rotatable bonds is 7. The zero-order valence-electron chi connectivity index (χ0n) is 11.8. The van der Waals surface area contributed by atoms with Crippen molar-refractivity contribution in [1.82, 2.24) is 15.5 Å². The highest BCUT2D eigenvalue weighted by molar-refractivity contribution is 9.10. The fourth-order valence-corrected chi connectivity index (χ4v) is 2.11. The van der Waals surface area contributed by atoms with Crippen LogP contribution in [-0.4, -0.2) is 22.7 Å². The second kappa shape index (κ2) is 7.83. The molecule has 1 aromatic carbocycles. The highest BCUT2D eigenvalue weighted by Crippen LogP contribution is 2.16. The summed E-state index contributed by atoms with van der Waals surface area (Å²) >= 11 is 3.37. The molecule has 0 aliphatic rings. The van der Waals surface area contributed by atoms with Gasteiger partial charge < -0.3 is 10.1 Å². The Morgan fingerprint density at radius 1 is 1.43 bits per heavy atom. The first-order valence-corrected chi connectivity index (χ1v) is 7.61. The van der Waals surface area contributed by atoms with Gasteiger partial charge in [0.1, 0.15) is 5.75 Å². The van der Waals surface area contributed by atoms with Crippen LogP contribution in [0.5, 0.6) is 5.75 Å². The van der Waals surface area contributed by atoms with E-state index in [1.165, 1.54) is 0 Å². The summed E-state index contributed by atoms with van der Waals surface area (Å²) in [7, 11) is 0. The molecule has 112 valence electrons. The Morgan fingerprint density at radius 2 is 2.19 bits per heavy atom. The van der Waals surface area contributed by atoms with Crippen molar-refractivity contribution < 1.29 is 9.53 Å². The third kappa shape index (κ3) is 5.23.